The van der Waals surface area contributed by atoms with Crippen molar-refractivity contribution in [3.8, 4) is 89.0 Å². The maximum Gasteiger partial charge on any atom is 0.146 e. The second-order valence-corrected chi connectivity index (χ2v) is 39.4. The van der Waals surface area contributed by atoms with Crippen molar-refractivity contribution in [1.29, 1.82) is 0 Å². The fraction of sp³-hybridized carbons (Fsp3) is 0.0625. The highest BCUT2D eigenvalue weighted by Crippen LogP contribution is 2.56. The van der Waals surface area contributed by atoms with Crippen molar-refractivity contribution >= 4 is 153 Å². The third kappa shape index (κ3) is 10.3. The maximum atomic E-state index is 5.18. The summed E-state index contributed by atoms with van der Waals surface area (Å²) in [6.45, 7) is 0. The topological polar surface area (TPSA) is 121 Å². The first-order chi connectivity index (χ1) is 69.4. The molecule has 12 heteroatoms. The number of rotatable bonds is 0. The van der Waals surface area contributed by atoms with Gasteiger partial charge in [-0.2, -0.15) is 0 Å². The molecule has 0 fully saturated rings. The van der Waals surface area contributed by atoms with Crippen LogP contribution in [0.2, 0.25) is 0 Å². The molecule has 0 bridgehead atoms. The van der Waals surface area contributed by atoms with E-state index in [1.54, 1.807) is 0 Å². The van der Waals surface area contributed by atoms with Crippen molar-refractivity contribution < 1.29 is 0 Å². The molecule has 8 aliphatic carbocycles. The lowest BCUT2D eigenvalue weighted by Crippen LogP contribution is -1.95. The van der Waals surface area contributed by atoms with Crippen LogP contribution in [0, 0.1) is 0 Å². The number of pyridine rings is 8. The predicted molar refractivity (Wildman–Crippen MR) is 568 cm³/mol. The van der Waals surface area contributed by atoms with Crippen LogP contribution in [0.1, 0.15) is 89.0 Å². The minimum absolute atomic E-state index is 0.937. The minimum atomic E-state index is 0.937. The van der Waals surface area contributed by atoms with Crippen molar-refractivity contribution in [1.82, 2.24) is 57.5 Å². The molecule has 0 atom stereocenters. The van der Waals surface area contributed by atoms with Crippen LogP contribution in [0.25, 0.3) is 242 Å². The van der Waals surface area contributed by atoms with Gasteiger partial charge in [-0.15, -0.1) is 0 Å². The van der Waals surface area contributed by atoms with Gasteiger partial charge in [-0.3, -0.25) is 37.5 Å². The van der Waals surface area contributed by atoms with Crippen LogP contribution in [0.5, 0.6) is 0 Å². The van der Waals surface area contributed by atoms with Gasteiger partial charge in [-0.05, 0) is 366 Å². The Morgan fingerprint density at radius 3 is 0.993 bits per heavy atom. The van der Waals surface area contributed by atoms with E-state index in [-0.39, 0.29) is 0 Å². The number of benzene rings is 16. The second-order valence-electron chi connectivity index (χ2n) is 39.4. The van der Waals surface area contributed by atoms with E-state index in [0.29, 0.717) is 0 Å². The van der Waals surface area contributed by atoms with E-state index in [2.05, 4.69) is 353 Å². The molecule has 36 rings (SSSR count). The molecule has 0 spiro atoms. The predicted octanol–water partition coefficient (Wildman–Crippen LogP) is 29.3. The first-order valence-corrected chi connectivity index (χ1v) is 48.7. The number of aromatic nitrogens is 12. The molecule has 0 radical (unpaired) electrons. The van der Waals surface area contributed by atoms with E-state index in [1.807, 2.05) is 49.6 Å². The van der Waals surface area contributed by atoms with Gasteiger partial charge >= 0.3 is 0 Å². The first-order valence-electron chi connectivity index (χ1n) is 48.7. The monoisotopic (exact) mass is 1780 g/mol. The van der Waals surface area contributed by atoms with Gasteiger partial charge in [0.2, 0.25) is 0 Å². The van der Waals surface area contributed by atoms with Crippen LogP contribution in [0.15, 0.2) is 365 Å². The van der Waals surface area contributed by atoms with Crippen molar-refractivity contribution in [2.45, 2.75) is 51.4 Å². The summed E-state index contributed by atoms with van der Waals surface area (Å²) in [6, 6.07) is 116. The number of nitrogens with zero attached hydrogens (tertiary/aromatic N) is 12. The number of hydrogen-bond acceptors (Lipinski definition) is 8. The summed E-state index contributed by atoms with van der Waals surface area (Å²) in [6.07, 6.45) is 23.4. The number of hydrogen-bond donors (Lipinski definition) is 0. The highest BCUT2D eigenvalue weighted by atomic mass is 15.1. The first kappa shape index (κ1) is 75.3. The van der Waals surface area contributed by atoms with Gasteiger partial charge in [0.1, 0.15) is 22.6 Å². The van der Waals surface area contributed by atoms with Crippen molar-refractivity contribution in [2.75, 3.05) is 0 Å². The van der Waals surface area contributed by atoms with Crippen LogP contribution < -0.4 is 0 Å². The van der Waals surface area contributed by atoms with Gasteiger partial charge in [0.15, 0.2) is 0 Å². The highest BCUT2D eigenvalue weighted by molar-refractivity contribution is 6.22. The van der Waals surface area contributed by atoms with Gasteiger partial charge in [0.25, 0.3) is 0 Å². The lowest BCUT2D eigenvalue weighted by molar-refractivity contribution is 1.22. The van der Waals surface area contributed by atoms with Gasteiger partial charge in [-0.1, -0.05) is 200 Å². The van der Waals surface area contributed by atoms with Crippen LogP contribution in [-0.4, -0.2) is 57.5 Å². The Kier molecular flexibility index (Phi) is 15.0. The zero-order chi connectivity index (χ0) is 90.7. The highest BCUT2D eigenvalue weighted by Gasteiger charge is 2.36. The summed E-state index contributed by atoms with van der Waals surface area (Å²) in [5.41, 5.74) is 62.3. The van der Waals surface area contributed by atoms with Crippen molar-refractivity contribution in [3.05, 3.63) is 454 Å². The Morgan fingerprint density at radius 1 is 0.164 bits per heavy atom. The summed E-state index contributed by atoms with van der Waals surface area (Å²) in [5.74, 6) is 0. The van der Waals surface area contributed by atoms with Crippen LogP contribution in [0.3, 0.4) is 0 Å². The van der Waals surface area contributed by atoms with Gasteiger partial charge in [-0.25, -0.2) is 19.9 Å². The largest absolute Gasteiger partial charge is 0.290 e. The van der Waals surface area contributed by atoms with Crippen molar-refractivity contribution in [2.24, 2.45) is 0 Å². The Morgan fingerprint density at radius 2 is 0.471 bits per heavy atom. The fourth-order valence-electron chi connectivity index (χ4n) is 26.4. The Bertz CT molecular complexity index is 10700. The molecule has 12 nitrogen and oxygen atoms in total. The van der Waals surface area contributed by atoms with Gasteiger partial charge in [0.05, 0.1) is 91.0 Å². The molecule has 648 valence electrons. The standard InChI is InChI=1S/4C32H19N3/c1-2-6-22-18(5-1)11-19-14-25-20(13-24(19)22)12-21-15-28-27(16-26(21)25)23-9-10-33-17-31(23)35-30-8-4-3-7-29(30)34-32(28)35;1-2-6-21-18(5-1)13-19-14-20-15-27-22(26(20)16-25(19)21)9-10-24-23-11-12-33-17-30(23)35-29-8-4-3-7-28(29)34-32(35)31(24)27;1-2-6-21-18(5-1)13-19-9-10-22-24-16-25-23-11-12-33-17-30(23)35-29-8-4-3-7-28(29)34-32(35)27(25)15-20(24)14-26(22)31(19)21;1-2-6-21-18(5-1)15-19-9-10-20-16-25-24(30(20)29(19)21)12-11-23-22-13-14-33-17-28(22)35-27-8-4-3-7-26(27)34-32(35)31(23)25/h1-10,13-17H,11-12H2;1-12,14,16-17H,13,15H2;1-12,15-17H,13-14H2;1-14,17H,15-16H2. The fourth-order valence-corrected chi connectivity index (χ4v) is 26.4. The molecule has 0 aliphatic heterocycles. The lowest BCUT2D eigenvalue weighted by atomic mass is 9.92. The summed E-state index contributed by atoms with van der Waals surface area (Å²) in [7, 11) is 0. The molecule has 140 heavy (non-hydrogen) atoms. The Labute approximate surface area is 799 Å². The Hall–Kier alpha value is -18.0. The minimum Gasteiger partial charge on any atom is -0.290 e. The molecule has 0 amide bonds. The number of imidazole rings is 4. The maximum absolute atomic E-state index is 5.18. The van der Waals surface area contributed by atoms with Gasteiger partial charge < -0.3 is 0 Å². The summed E-state index contributed by atoms with van der Waals surface area (Å²) in [4.78, 5) is 38.4. The molecule has 12 aromatic heterocycles. The van der Waals surface area contributed by atoms with Crippen molar-refractivity contribution in [3.63, 3.8) is 0 Å². The van der Waals surface area contributed by atoms with E-state index < -0.39 is 0 Å². The summed E-state index contributed by atoms with van der Waals surface area (Å²) in [5, 5.41) is 14.9. The SMILES string of the molecule is c1ccc2c(c1)Cc1cc3c(cc1-2)-c1ccc2c4ccncc4n4c5ccccc5nc4c2c1C3.c1ccc2c(c1)Cc1cc3c(cc1-2)Cc1cc2c(cc1-3)c1ccncc1n1c3ccccc3nc21.c1ccc2c(c1)Cc1ccc3c(c1-2)-c1ccc2c4ccncc4n4c5ccccc5nc4c2c1C3.c1ccc2c(c1)Cc1ccc3c(c1-2)Cc1cc2c(cc1-3)c1ccncc1n1c3ccccc3nc21. The average molecular weight is 1780 g/mol. The third-order valence-electron chi connectivity index (χ3n) is 32.4. The smallest absolute Gasteiger partial charge is 0.146 e. The molecule has 0 saturated carbocycles. The summed E-state index contributed by atoms with van der Waals surface area (Å²) >= 11 is 0. The quantitative estimate of drug-likeness (QED) is 0.138. The van der Waals surface area contributed by atoms with E-state index in [0.717, 1.165) is 140 Å². The van der Waals surface area contributed by atoms with Crippen LogP contribution >= 0.6 is 0 Å². The average Bonchev–Trinajstić information content (AvgIpc) is 1.55. The molecule has 12 heterocycles. The van der Waals surface area contributed by atoms with Gasteiger partial charge in [0, 0.05) is 67.9 Å². The van der Waals surface area contributed by atoms with E-state index in [1.165, 1.54) is 243 Å². The number of fused-ring (bicyclic) bond motifs is 60. The van der Waals surface area contributed by atoms with Crippen LogP contribution in [0.4, 0.5) is 0 Å². The zero-order valence-corrected chi connectivity index (χ0v) is 75.7. The van der Waals surface area contributed by atoms with E-state index >= 15 is 0 Å². The molecule has 16 aromatic carbocycles. The molecule has 0 N–H and O–H groups in total. The molecule has 28 aromatic rings. The molecule has 8 aliphatic rings. The Balaban J connectivity index is 0.0000000829. The third-order valence-corrected chi connectivity index (χ3v) is 32.4. The van der Waals surface area contributed by atoms with Crippen LogP contribution in [-0.2, 0) is 51.4 Å². The molecule has 0 unspecified atom stereocenters. The normalized spacial score (nSPS) is 13.5. The van der Waals surface area contributed by atoms with E-state index in [4.69, 9.17) is 19.9 Å². The molecular formula is C128H76N12. The molecular weight excluding hydrogens is 1710 g/mol. The second kappa shape index (κ2) is 27.9. The lowest BCUT2D eigenvalue weighted by Gasteiger charge is -2.13. The molecule has 0 saturated heterocycles. The zero-order valence-electron chi connectivity index (χ0n) is 75.7. The van der Waals surface area contributed by atoms with E-state index in [9.17, 15) is 0 Å². The number of para-hydroxylation sites is 8. The summed E-state index contributed by atoms with van der Waals surface area (Å²) < 4.78 is 9.17.